The van der Waals surface area contributed by atoms with Crippen LogP contribution in [0.1, 0.15) is 226 Å². The Morgan fingerprint density at radius 2 is 0.923 bits per heavy atom. The number of carboxylic acid groups (broad SMARTS) is 1. The van der Waals surface area contributed by atoms with Gasteiger partial charge in [0, 0.05) is 148 Å². The lowest BCUT2D eigenvalue weighted by molar-refractivity contribution is -0.180. The number of carboxylic acids is 1. The fourth-order valence-corrected chi connectivity index (χ4v) is 10.8. The molecule has 3 rings (SSSR count). The lowest BCUT2D eigenvalue weighted by atomic mass is 9.77. The maximum Gasteiger partial charge on any atom is 0.407 e. The third kappa shape index (κ3) is 93.9. The summed E-state index contributed by atoms with van der Waals surface area (Å²) in [7, 11) is 13.6. The Morgan fingerprint density at radius 1 is 0.462 bits per heavy atom. The van der Waals surface area contributed by atoms with Gasteiger partial charge in [-0.05, 0) is 110 Å². The van der Waals surface area contributed by atoms with Gasteiger partial charge in [-0.2, -0.15) is 5.21 Å². The average molecular weight is 2060 g/mol. The Bertz CT molecular complexity index is 3800. The fraction of sp³-hybridized carbons (Fsp3) is 0.708. The molecule has 0 fully saturated rings. The predicted octanol–water partition coefficient (Wildman–Crippen LogP) is 8.23. The number of ether oxygens (including phenoxy) is 21. The zero-order chi connectivity index (χ0) is 111. The summed E-state index contributed by atoms with van der Waals surface area (Å²) >= 11 is 0. The molecule has 0 saturated carbocycles. The number of aliphatic carboxylic acids is 1. The highest BCUT2D eigenvalue weighted by molar-refractivity contribution is 5.96. The van der Waals surface area contributed by atoms with E-state index in [2.05, 4.69) is 59.3 Å². The van der Waals surface area contributed by atoms with Gasteiger partial charge in [0.25, 0.3) is 0 Å². The van der Waals surface area contributed by atoms with Crippen molar-refractivity contribution in [2.75, 3.05) is 170 Å². The predicted molar refractivity (Wildman–Crippen MR) is 514 cm³/mol. The number of aromatic amines is 1. The Labute approximate surface area is 839 Å². The van der Waals surface area contributed by atoms with Crippen LogP contribution in [0.25, 0.3) is 0 Å². The van der Waals surface area contributed by atoms with E-state index >= 15 is 0 Å². The molecule has 822 valence electrons. The number of H-pyrrole nitrogens is 1. The van der Waals surface area contributed by atoms with Crippen molar-refractivity contribution in [1.29, 1.82) is 0 Å². The summed E-state index contributed by atoms with van der Waals surface area (Å²) in [4.78, 5) is 208. The lowest BCUT2D eigenvalue weighted by Gasteiger charge is -2.34. The number of Topliss-reactive ketones (excluding diaryl/α,β-unsaturated/α-hetero) is 8. The summed E-state index contributed by atoms with van der Waals surface area (Å²) in [6.07, 6.45) is 3.67. The summed E-state index contributed by atoms with van der Waals surface area (Å²) in [5, 5.41) is 25.6. The molecule has 5 atom stereocenters. The monoisotopic (exact) mass is 2060 g/mol. The van der Waals surface area contributed by atoms with Crippen molar-refractivity contribution in [2.45, 2.75) is 270 Å². The SMILES string of the molecule is CC(=O)CC(=O)O.CC(=O)COc1cccc(C(C(COC(C)=O)COC(C)=O)C(COC(C)=O)COC(C)=O)c1.CC(=O)Cc1nn[nH]n1.CCC.CCC(C)=O.CCCC(=O)OCC(COC)OC.CCCCC(=O)C1=C[C@@H](OC(C)=O)[C@@H](OC(C)=O)[C@H](OC(C)=O)C1.COC(=O)NCCCCC(NC(=O)OC)C(C)=O.COCC(C)=O.COCC(COC)OCC(COC(COC)COC)OCC(C)=O. The highest BCUT2D eigenvalue weighted by atomic mass is 16.6. The molecule has 47 heteroatoms. The van der Waals surface area contributed by atoms with Gasteiger partial charge in [-0.1, -0.05) is 64.8 Å². The van der Waals surface area contributed by atoms with Crippen molar-refractivity contribution in [3.8, 4) is 5.75 Å². The molecule has 0 spiro atoms. The number of hydrogen-bond donors (Lipinski definition) is 4. The third-order valence-electron chi connectivity index (χ3n) is 17.1. The van der Waals surface area contributed by atoms with Crippen molar-refractivity contribution in [2.24, 2.45) is 11.8 Å². The van der Waals surface area contributed by atoms with Crippen LogP contribution in [-0.4, -0.2) is 356 Å². The Kier molecular flexibility index (Phi) is 96.4. The first-order valence-corrected chi connectivity index (χ1v) is 46.0. The molecule has 1 aromatic heterocycles. The number of alkyl carbamates (subject to hydrolysis) is 2. The number of nitrogens with one attached hydrogen (secondary N) is 3. The first-order chi connectivity index (χ1) is 67.4. The van der Waals surface area contributed by atoms with Gasteiger partial charge < -0.3 is 120 Å². The number of ketones is 8. The molecule has 1 heterocycles. The van der Waals surface area contributed by atoms with Gasteiger partial charge >= 0.3 is 65.9 Å². The van der Waals surface area contributed by atoms with Crippen LogP contribution in [0.5, 0.6) is 5.75 Å². The molecule has 1 aromatic carbocycles. The zero-order valence-corrected chi connectivity index (χ0v) is 88.9. The van der Waals surface area contributed by atoms with Gasteiger partial charge in [0.05, 0.1) is 99.4 Å². The van der Waals surface area contributed by atoms with Crippen LogP contribution in [0.15, 0.2) is 35.9 Å². The number of benzene rings is 1. The molecule has 2 aromatic rings. The van der Waals surface area contributed by atoms with Gasteiger partial charge in [0.15, 0.2) is 46.9 Å². The minimum absolute atomic E-state index is 0.00975. The number of unbranched alkanes of at least 4 members (excludes halogenated alkanes) is 2. The van der Waals surface area contributed by atoms with E-state index in [1.807, 2.05) is 20.8 Å². The number of esters is 8. The number of nitrogens with zero attached hydrogens (tertiary/aromatic N) is 3. The van der Waals surface area contributed by atoms with Crippen molar-refractivity contribution in [1.82, 2.24) is 31.3 Å². The van der Waals surface area contributed by atoms with E-state index in [0.29, 0.717) is 101 Å². The van der Waals surface area contributed by atoms with Gasteiger partial charge in [0.1, 0.15) is 86.5 Å². The number of methoxy groups -OCH3 is 9. The van der Waals surface area contributed by atoms with E-state index < -0.39 is 102 Å². The zero-order valence-electron chi connectivity index (χ0n) is 88.9. The minimum Gasteiger partial charge on any atom is -0.486 e. The maximum absolute atomic E-state index is 12.3. The second kappa shape index (κ2) is 95.4. The van der Waals surface area contributed by atoms with E-state index in [9.17, 15) is 91.1 Å². The topological polar surface area (TPSA) is 617 Å². The smallest absolute Gasteiger partial charge is 0.407 e. The Balaban J connectivity index is -0.000000306. The molecule has 4 N–H and O–H groups in total. The molecular formula is C96H162N6O41. The number of hydrogen-bond acceptors (Lipinski definition) is 43. The summed E-state index contributed by atoms with van der Waals surface area (Å²) in [5.74, 6) is -6.33. The third-order valence-corrected chi connectivity index (χ3v) is 17.1. The molecule has 2 amide bonds. The van der Waals surface area contributed by atoms with Crippen LogP contribution in [0.3, 0.4) is 0 Å². The second-order valence-electron chi connectivity index (χ2n) is 31.2. The van der Waals surface area contributed by atoms with Crippen LogP contribution in [0.4, 0.5) is 9.59 Å². The number of amides is 2. The maximum atomic E-state index is 12.3. The summed E-state index contributed by atoms with van der Waals surface area (Å²) in [6, 6.07) is 6.30. The number of tetrazole rings is 1. The van der Waals surface area contributed by atoms with E-state index in [4.69, 9.17) is 90.4 Å². The standard InChI is InChI=1S/C24H32O10.C17H24O7.C16H32O8.C11H20N2O5.C9H18O4.C4H6N4O.C4H6O3.C4H8O2.C4H8O.C3H8/c1-15(25)10-34-23-8-6-7-20(9-23)24(21(11-30-16(2)26)12-31-17(3)27)22(13-32-18(4)28)14-33-19(5)29;1-5-6-7-14(21)13-8-15(22-10(2)18)17(24-12(4)20)16(9-13)23-11(3)19;1-13(17)6-22-16(11-23-14(7-18-2)8-19-3)12-24-15(9-20-4)10-21-5;1-8(14)9(13-11(16)18-3)6-4-5-7-12-10(15)17-2;1-4-5-9(10)13-7-8(12-3)6-11-2;1-3(9)2-4-5-7-8-6-4;1-3(5)2-4(6)7;1-4(5)3-6-2;1-3-4(2)5;1-3-2/h6-9,21-22,24H,10-14H2,1-5H3;8,15-17H,5-7,9H2,1-4H3;14-16H,6-12H2,1-5H3;9H,4-7H2,1-3H3,(H,12,15)(H,13,16);8H,4-7H2,1-3H3;2H2,1H3,(H,5,6,7,8);2H2,1H3,(H,6,7);3H2,1-2H3;3H2,1-2H3;3H2,1-2H3/t;15-,16-,17-;;;;;;;;/m.1......../s1. The van der Waals surface area contributed by atoms with E-state index in [1.165, 1.54) is 124 Å². The first kappa shape index (κ1) is 145. The van der Waals surface area contributed by atoms with Crippen LogP contribution >= 0.6 is 0 Å². The molecule has 143 heavy (non-hydrogen) atoms. The first-order valence-electron chi connectivity index (χ1n) is 46.0. The lowest BCUT2D eigenvalue weighted by Crippen LogP contribution is -2.47. The summed E-state index contributed by atoms with van der Waals surface area (Å²) in [5.41, 5.74) is 1.08. The van der Waals surface area contributed by atoms with E-state index in [-0.39, 0.29) is 162 Å². The van der Waals surface area contributed by atoms with Crippen LogP contribution < -0.4 is 15.4 Å². The van der Waals surface area contributed by atoms with Gasteiger partial charge in [-0.15, -0.1) is 10.2 Å². The summed E-state index contributed by atoms with van der Waals surface area (Å²) < 4.78 is 107. The van der Waals surface area contributed by atoms with Crippen LogP contribution in [-0.2, 0) is 183 Å². The molecule has 0 aliphatic heterocycles. The summed E-state index contributed by atoms with van der Waals surface area (Å²) in [6.45, 7) is 31.8. The second-order valence-corrected chi connectivity index (χ2v) is 31.2. The van der Waals surface area contributed by atoms with Gasteiger partial charge in [-0.25, -0.2) is 9.59 Å². The Hall–Kier alpha value is -11.4. The number of rotatable bonds is 59. The fourth-order valence-electron chi connectivity index (χ4n) is 10.8. The molecule has 0 saturated heterocycles. The molecule has 0 radical (unpaired) electrons. The van der Waals surface area contributed by atoms with E-state index in [1.54, 1.807) is 73.8 Å². The van der Waals surface area contributed by atoms with E-state index in [0.717, 1.165) is 19.3 Å². The number of carbonyl (C=O) groups excluding carboxylic acids is 18. The highest BCUT2D eigenvalue weighted by Gasteiger charge is 2.42. The van der Waals surface area contributed by atoms with Crippen molar-refractivity contribution < 1.29 is 196 Å². The molecule has 2 unspecified atom stereocenters. The number of aromatic nitrogens is 4. The normalized spacial score (nSPS) is 12.7. The average Bonchev–Trinajstić information content (AvgIpc) is 0.898. The minimum atomic E-state index is -1.06. The quantitative estimate of drug-likeness (QED) is 0.0209. The van der Waals surface area contributed by atoms with Crippen LogP contribution in [0.2, 0.25) is 0 Å². The molecular weight excluding hydrogens is 1890 g/mol. The highest BCUT2D eigenvalue weighted by Crippen LogP contribution is 2.36. The Morgan fingerprint density at radius 3 is 1.27 bits per heavy atom. The van der Waals surface area contributed by atoms with Crippen molar-refractivity contribution in [3.63, 3.8) is 0 Å². The largest absolute Gasteiger partial charge is 0.486 e. The van der Waals surface area contributed by atoms with Crippen molar-refractivity contribution in [3.05, 3.63) is 47.3 Å². The number of carbonyl (C=O) groups is 19. The van der Waals surface area contributed by atoms with Crippen LogP contribution in [0, 0.1) is 11.8 Å². The molecule has 47 nitrogen and oxygen atoms in total. The van der Waals surface area contributed by atoms with Gasteiger partial charge in [0.2, 0.25) is 0 Å². The molecule has 1 aliphatic carbocycles. The van der Waals surface area contributed by atoms with Crippen molar-refractivity contribution >= 4 is 112 Å². The molecule has 1 aliphatic rings. The van der Waals surface area contributed by atoms with Gasteiger partial charge in [-0.3, -0.25) is 76.7 Å². The molecule has 0 bridgehead atoms.